The van der Waals surface area contributed by atoms with Crippen molar-refractivity contribution in [2.24, 2.45) is 0 Å². The molecule has 1 heterocycles. The minimum Gasteiger partial charge on any atom is -0.495 e. The van der Waals surface area contributed by atoms with E-state index in [1.165, 1.54) is 19.5 Å². The maximum absolute atomic E-state index is 12.7. The number of carbonyl (C=O) groups excluding carboxylic acids is 1. The van der Waals surface area contributed by atoms with Crippen LogP contribution in [0.4, 0.5) is 8.78 Å². The zero-order valence-electron chi connectivity index (χ0n) is 13.1. The molecule has 0 aliphatic rings. The van der Waals surface area contributed by atoms with Gasteiger partial charge < -0.3 is 10.1 Å². The Balaban J connectivity index is 1.75. The lowest BCUT2D eigenvalue weighted by atomic mass is 10.1. The molecule has 1 aromatic carbocycles. The van der Waals surface area contributed by atoms with Gasteiger partial charge in [0.05, 0.1) is 12.1 Å². The van der Waals surface area contributed by atoms with Gasteiger partial charge in [-0.1, -0.05) is 17.7 Å². The Bertz CT molecular complexity index is 692. The molecule has 1 amide bonds. The van der Waals surface area contributed by atoms with Gasteiger partial charge in [0, 0.05) is 31.8 Å². The highest BCUT2D eigenvalue weighted by Crippen LogP contribution is 2.25. The van der Waals surface area contributed by atoms with E-state index >= 15 is 0 Å². The number of halogens is 3. The third-order valence-electron chi connectivity index (χ3n) is 3.49. The second kappa shape index (κ2) is 8.63. The summed E-state index contributed by atoms with van der Waals surface area (Å²) in [6.45, 7) is -2.37. The molecule has 0 aliphatic carbocycles. The maximum atomic E-state index is 12.7. The maximum Gasteiger partial charge on any atom is 0.319 e. The minimum absolute atomic E-state index is 0.155. The summed E-state index contributed by atoms with van der Waals surface area (Å²) in [4.78, 5) is 15.7. The minimum atomic E-state index is -2.63. The summed E-state index contributed by atoms with van der Waals surface area (Å²) in [5.74, 6) is 0.670. The van der Waals surface area contributed by atoms with Gasteiger partial charge in [-0.2, -0.15) is 8.78 Å². The first-order valence-electron chi connectivity index (χ1n) is 7.40. The predicted molar refractivity (Wildman–Crippen MR) is 86.5 cm³/mol. The van der Waals surface area contributed by atoms with E-state index < -0.39 is 6.55 Å². The fraction of sp³-hybridized carbons (Fsp3) is 0.375. The molecule has 0 saturated carbocycles. The Labute approximate surface area is 143 Å². The van der Waals surface area contributed by atoms with Gasteiger partial charge in [-0.25, -0.2) is 4.98 Å². The van der Waals surface area contributed by atoms with E-state index in [-0.39, 0.29) is 31.1 Å². The fourth-order valence-electron chi connectivity index (χ4n) is 2.24. The van der Waals surface area contributed by atoms with E-state index in [1.54, 1.807) is 12.1 Å². The van der Waals surface area contributed by atoms with E-state index in [0.717, 1.165) is 10.1 Å². The molecule has 0 atom stereocenters. The van der Waals surface area contributed by atoms with Crippen molar-refractivity contribution in [1.29, 1.82) is 0 Å². The molecule has 0 spiro atoms. The molecule has 0 saturated heterocycles. The van der Waals surface area contributed by atoms with Crippen LogP contribution in [0.25, 0.3) is 0 Å². The quantitative estimate of drug-likeness (QED) is 0.789. The van der Waals surface area contributed by atoms with E-state index in [2.05, 4.69) is 10.3 Å². The SMILES string of the molecule is COc1ccc(CCC(=O)NCCc2nccn2C(F)F)cc1Cl. The van der Waals surface area contributed by atoms with Gasteiger partial charge in [-0.15, -0.1) is 0 Å². The van der Waals surface area contributed by atoms with Gasteiger partial charge in [0.2, 0.25) is 5.91 Å². The second-order valence-electron chi connectivity index (χ2n) is 5.10. The van der Waals surface area contributed by atoms with Crippen molar-refractivity contribution < 1.29 is 18.3 Å². The first-order valence-corrected chi connectivity index (χ1v) is 7.78. The molecule has 1 N–H and O–H groups in total. The molecule has 8 heteroatoms. The van der Waals surface area contributed by atoms with Gasteiger partial charge in [0.25, 0.3) is 0 Å². The van der Waals surface area contributed by atoms with Gasteiger partial charge >= 0.3 is 6.55 Å². The van der Waals surface area contributed by atoms with Crippen LogP contribution in [-0.4, -0.2) is 29.1 Å². The van der Waals surface area contributed by atoms with E-state index in [0.29, 0.717) is 17.2 Å². The number of hydrogen-bond acceptors (Lipinski definition) is 3. The zero-order valence-corrected chi connectivity index (χ0v) is 13.9. The predicted octanol–water partition coefficient (Wildman–Crippen LogP) is 3.23. The largest absolute Gasteiger partial charge is 0.495 e. The third-order valence-corrected chi connectivity index (χ3v) is 3.78. The Hall–Kier alpha value is -2.15. The van der Waals surface area contributed by atoms with Crippen molar-refractivity contribution in [3.8, 4) is 5.75 Å². The van der Waals surface area contributed by atoms with Crippen LogP contribution in [0.1, 0.15) is 24.4 Å². The molecule has 24 heavy (non-hydrogen) atoms. The Morgan fingerprint density at radius 3 is 2.88 bits per heavy atom. The smallest absolute Gasteiger partial charge is 0.319 e. The number of methoxy groups -OCH3 is 1. The first-order chi connectivity index (χ1) is 11.5. The lowest BCUT2D eigenvalue weighted by Crippen LogP contribution is -2.26. The van der Waals surface area contributed by atoms with Crippen molar-refractivity contribution in [2.75, 3.05) is 13.7 Å². The lowest BCUT2D eigenvalue weighted by Gasteiger charge is -2.08. The van der Waals surface area contributed by atoms with Gasteiger partial charge in [-0.05, 0) is 24.1 Å². The highest BCUT2D eigenvalue weighted by atomic mass is 35.5. The lowest BCUT2D eigenvalue weighted by molar-refractivity contribution is -0.121. The molecule has 1 aromatic heterocycles. The standard InChI is InChI=1S/C16H18ClF2N3O2/c1-24-13-4-2-11(10-12(13)17)3-5-15(23)21-7-6-14-20-8-9-22(14)16(18)19/h2,4,8-10,16H,3,5-7H2,1H3,(H,21,23). The number of nitrogens with one attached hydrogen (secondary N) is 1. The van der Waals surface area contributed by atoms with E-state index in [1.807, 2.05) is 6.07 Å². The molecule has 0 aliphatic heterocycles. The van der Waals surface area contributed by atoms with Crippen LogP contribution in [0.2, 0.25) is 5.02 Å². The molecule has 2 aromatic rings. The summed E-state index contributed by atoms with van der Waals surface area (Å²) in [6, 6.07) is 5.35. The number of imidazole rings is 1. The highest BCUT2D eigenvalue weighted by molar-refractivity contribution is 6.32. The monoisotopic (exact) mass is 357 g/mol. The van der Waals surface area contributed by atoms with Crippen LogP contribution in [0.3, 0.4) is 0 Å². The van der Waals surface area contributed by atoms with Crippen LogP contribution >= 0.6 is 11.6 Å². The number of rotatable bonds is 8. The fourth-order valence-corrected chi connectivity index (χ4v) is 2.52. The number of carbonyl (C=O) groups is 1. The Kier molecular flexibility index (Phi) is 6.54. The molecule has 5 nitrogen and oxygen atoms in total. The summed E-state index contributed by atoms with van der Waals surface area (Å²) in [5.41, 5.74) is 0.921. The average Bonchev–Trinajstić information content (AvgIpc) is 3.02. The van der Waals surface area contributed by atoms with Gasteiger partial charge in [0.1, 0.15) is 11.6 Å². The third kappa shape index (κ3) is 4.92. The van der Waals surface area contributed by atoms with Crippen LogP contribution < -0.4 is 10.1 Å². The van der Waals surface area contributed by atoms with Crippen molar-refractivity contribution in [3.63, 3.8) is 0 Å². The molecule has 2 rings (SSSR count). The Morgan fingerprint density at radius 1 is 1.42 bits per heavy atom. The molecule has 0 bridgehead atoms. The average molecular weight is 358 g/mol. The summed E-state index contributed by atoms with van der Waals surface area (Å²) < 4.78 is 31.2. The number of aryl methyl sites for hydroxylation is 1. The van der Waals surface area contributed by atoms with Crippen LogP contribution in [-0.2, 0) is 17.6 Å². The number of benzene rings is 1. The number of amides is 1. The van der Waals surface area contributed by atoms with Crippen molar-refractivity contribution in [1.82, 2.24) is 14.9 Å². The first kappa shape index (κ1) is 18.2. The zero-order chi connectivity index (χ0) is 17.5. The van der Waals surface area contributed by atoms with Crippen molar-refractivity contribution >= 4 is 17.5 Å². The number of alkyl halides is 2. The number of hydrogen-bond donors (Lipinski definition) is 1. The molecule has 0 unspecified atom stereocenters. The molecular formula is C16H18ClF2N3O2. The Morgan fingerprint density at radius 2 is 2.21 bits per heavy atom. The highest BCUT2D eigenvalue weighted by Gasteiger charge is 2.11. The molecular weight excluding hydrogens is 340 g/mol. The van der Waals surface area contributed by atoms with E-state index in [4.69, 9.17) is 16.3 Å². The van der Waals surface area contributed by atoms with Gasteiger partial charge in [0.15, 0.2) is 0 Å². The molecule has 0 fully saturated rings. The summed E-state index contributed by atoms with van der Waals surface area (Å²) >= 11 is 6.03. The summed E-state index contributed by atoms with van der Waals surface area (Å²) in [6.07, 6.45) is 3.59. The van der Waals surface area contributed by atoms with Crippen LogP contribution in [0.15, 0.2) is 30.6 Å². The molecule has 130 valence electrons. The normalized spacial score (nSPS) is 10.9. The van der Waals surface area contributed by atoms with E-state index in [9.17, 15) is 13.6 Å². The summed E-state index contributed by atoms with van der Waals surface area (Å²) in [7, 11) is 1.54. The number of aromatic nitrogens is 2. The second-order valence-corrected chi connectivity index (χ2v) is 5.50. The van der Waals surface area contributed by atoms with Crippen LogP contribution in [0, 0.1) is 0 Å². The van der Waals surface area contributed by atoms with Crippen LogP contribution in [0.5, 0.6) is 5.75 Å². The molecule has 0 radical (unpaired) electrons. The van der Waals surface area contributed by atoms with Crippen molar-refractivity contribution in [2.45, 2.75) is 25.8 Å². The van der Waals surface area contributed by atoms with Gasteiger partial charge in [-0.3, -0.25) is 9.36 Å². The summed E-state index contributed by atoms with van der Waals surface area (Å²) in [5, 5.41) is 3.19. The number of ether oxygens (including phenoxy) is 1. The number of nitrogens with zero attached hydrogens (tertiary/aromatic N) is 2. The topological polar surface area (TPSA) is 56.1 Å². The van der Waals surface area contributed by atoms with Crippen molar-refractivity contribution in [3.05, 3.63) is 47.0 Å².